The molecule has 0 aliphatic carbocycles. The number of aromatic nitrogens is 2. The number of nitrogens with zero attached hydrogens (tertiary/aromatic N) is 2. The zero-order valence-corrected chi connectivity index (χ0v) is 16.2. The van der Waals surface area contributed by atoms with Crippen LogP contribution in [0.3, 0.4) is 0 Å². The summed E-state index contributed by atoms with van der Waals surface area (Å²) in [5.41, 5.74) is 0.412. The van der Waals surface area contributed by atoms with E-state index in [2.05, 4.69) is 15.1 Å². The molecule has 7 nitrogen and oxygen atoms in total. The molecule has 0 unspecified atom stereocenters. The van der Waals surface area contributed by atoms with Crippen molar-refractivity contribution in [1.82, 2.24) is 14.5 Å². The van der Waals surface area contributed by atoms with Crippen molar-refractivity contribution in [3.63, 3.8) is 0 Å². The van der Waals surface area contributed by atoms with Crippen LogP contribution in [0.5, 0.6) is 0 Å². The number of rotatable bonds is 6. The SMILES string of the molecule is C[C@H](NS(=O)(=O)c1ccc(Cl)cc1)C(=O)Nc1ccc(-n2cccn2)c(F)c1. The van der Waals surface area contributed by atoms with Gasteiger partial charge < -0.3 is 5.32 Å². The van der Waals surface area contributed by atoms with Crippen LogP contribution >= 0.6 is 11.6 Å². The van der Waals surface area contributed by atoms with Crippen molar-refractivity contribution in [2.24, 2.45) is 0 Å². The topological polar surface area (TPSA) is 93.1 Å². The van der Waals surface area contributed by atoms with E-state index in [9.17, 15) is 17.6 Å². The van der Waals surface area contributed by atoms with Crippen LogP contribution in [0.25, 0.3) is 5.69 Å². The molecule has 0 bridgehead atoms. The minimum absolute atomic E-state index is 0.0221. The predicted octanol–water partition coefficient (Wildman–Crippen LogP) is 2.97. The molecule has 0 saturated heterocycles. The lowest BCUT2D eigenvalue weighted by atomic mass is 10.2. The number of halogens is 2. The van der Waals surface area contributed by atoms with Gasteiger partial charge in [0.15, 0.2) is 5.82 Å². The number of sulfonamides is 1. The fourth-order valence-corrected chi connectivity index (χ4v) is 3.73. The summed E-state index contributed by atoms with van der Waals surface area (Å²) in [6.45, 7) is 1.39. The van der Waals surface area contributed by atoms with Crippen LogP contribution in [0.15, 0.2) is 65.8 Å². The van der Waals surface area contributed by atoms with E-state index in [0.717, 1.165) is 6.07 Å². The molecule has 3 rings (SSSR count). The van der Waals surface area contributed by atoms with Crippen molar-refractivity contribution >= 4 is 33.2 Å². The number of amides is 1. The van der Waals surface area contributed by atoms with Crippen molar-refractivity contribution in [2.75, 3.05) is 5.32 Å². The molecule has 0 spiro atoms. The fraction of sp³-hybridized carbons (Fsp3) is 0.111. The highest BCUT2D eigenvalue weighted by molar-refractivity contribution is 7.89. The number of nitrogens with one attached hydrogen (secondary N) is 2. The maximum atomic E-state index is 14.3. The van der Waals surface area contributed by atoms with Crippen LogP contribution in [0.1, 0.15) is 6.92 Å². The van der Waals surface area contributed by atoms with E-state index < -0.39 is 27.8 Å². The molecule has 10 heteroatoms. The Hall–Kier alpha value is -2.75. The van der Waals surface area contributed by atoms with Crippen LogP contribution < -0.4 is 10.0 Å². The zero-order valence-electron chi connectivity index (χ0n) is 14.6. The molecule has 0 saturated carbocycles. The van der Waals surface area contributed by atoms with E-state index in [1.807, 2.05) is 0 Å². The van der Waals surface area contributed by atoms with E-state index in [1.54, 1.807) is 12.3 Å². The summed E-state index contributed by atoms with van der Waals surface area (Å²) in [4.78, 5) is 12.3. The second-order valence-electron chi connectivity index (χ2n) is 5.90. The van der Waals surface area contributed by atoms with Crippen molar-refractivity contribution in [3.05, 3.63) is 71.8 Å². The average Bonchev–Trinajstić information content (AvgIpc) is 3.16. The minimum atomic E-state index is -3.91. The molecule has 146 valence electrons. The van der Waals surface area contributed by atoms with E-state index >= 15 is 0 Å². The van der Waals surface area contributed by atoms with Crippen LogP contribution in [0.2, 0.25) is 5.02 Å². The van der Waals surface area contributed by atoms with Gasteiger partial charge in [-0.3, -0.25) is 4.79 Å². The molecule has 0 aliphatic heterocycles. The molecule has 3 aromatic rings. The first-order valence-corrected chi connectivity index (χ1v) is 10.0. The van der Waals surface area contributed by atoms with E-state index in [4.69, 9.17) is 11.6 Å². The molecule has 0 aliphatic rings. The molecule has 2 N–H and O–H groups in total. The first-order valence-electron chi connectivity index (χ1n) is 8.14. The minimum Gasteiger partial charge on any atom is -0.325 e. The quantitative estimate of drug-likeness (QED) is 0.638. The predicted molar refractivity (Wildman–Crippen MR) is 103 cm³/mol. The fourth-order valence-electron chi connectivity index (χ4n) is 2.40. The molecule has 1 atom stereocenters. The highest BCUT2D eigenvalue weighted by Gasteiger charge is 2.22. The number of hydrogen-bond donors (Lipinski definition) is 2. The van der Waals surface area contributed by atoms with Gasteiger partial charge in [-0.2, -0.15) is 9.82 Å². The second-order valence-corrected chi connectivity index (χ2v) is 8.05. The van der Waals surface area contributed by atoms with Crippen molar-refractivity contribution in [1.29, 1.82) is 0 Å². The summed E-state index contributed by atoms with van der Waals surface area (Å²) in [7, 11) is -3.91. The van der Waals surface area contributed by atoms with Crippen molar-refractivity contribution < 1.29 is 17.6 Å². The Morgan fingerprint density at radius 3 is 2.54 bits per heavy atom. The molecule has 0 radical (unpaired) electrons. The highest BCUT2D eigenvalue weighted by Crippen LogP contribution is 2.18. The number of anilines is 1. The summed E-state index contributed by atoms with van der Waals surface area (Å²) < 4.78 is 42.6. The Bertz CT molecular complexity index is 1090. The van der Waals surface area contributed by atoms with Gasteiger partial charge in [0.05, 0.1) is 10.9 Å². The molecule has 1 heterocycles. The van der Waals surface area contributed by atoms with Gasteiger partial charge in [-0.25, -0.2) is 17.5 Å². The van der Waals surface area contributed by atoms with Crippen LogP contribution in [0, 0.1) is 5.82 Å². The lowest BCUT2D eigenvalue weighted by molar-refractivity contribution is -0.117. The molecule has 0 fully saturated rings. The zero-order chi connectivity index (χ0) is 20.3. The standard InChI is InChI=1S/C18H16ClFN4O3S/c1-12(23-28(26,27)15-6-3-13(19)4-7-15)18(25)22-14-5-8-17(16(20)11-14)24-10-2-9-21-24/h2-12,23H,1H3,(H,22,25)/t12-/m0/s1. The van der Waals surface area contributed by atoms with Gasteiger partial charge in [-0.1, -0.05) is 11.6 Å². The van der Waals surface area contributed by atoms with Crippen LogP contribution in [-0.4, -0.2) is 30.1 Å². The Morgan fingerprint density at radius 1 is 1.21 bits per heavy atom. The molecule has 2 aromatic carbocycles. The Morgan fingerprint density at radius 2 is 1.93 bits per heavy atom. The highest BCUT2D eigenvalue weighted by atomic mass is 35.5. The van der Waals surface area contributed by atoms with Gasteiger partial charge in [0.25, 0.3) is 0 Å². The van der Waals surface area contributed by atoms with Gasteiger partial charge in [-0.15, -0.1) is 0 Å². The first kappa shape index (κ1) is 20.0. The summed E-state index contributed by atoms with van der Waals surface area (Å²) in [6, 6.07) is 10.2. The summed E-state index contributed by atoms with van der Waals surface area (Å²) in [6.07, 6.45) is 3.11. The van der Waals surface area contributed by atoms with Crippen molar-refractivity contribution in [3.8, 4) is 5.69 Å². The third-order valence-electron chi connectivity index (χ3n) is 3.82. The Kier molecular flexibility index (Phi) is 5.78. The van der Waals surface area contributed by atoms with Crippen molar-refractivity contribution in [2.45, 2.75) is 17.9 Å². The molecular formula is C18H16ClFN4O3S. The molecular weight excluding hydrogens is 407 g/mol. The number of hydrogen-bond acceptors (Lipinski definition) is 4. The summed E-state index contributed by atoms with van der Waals surface area (Å²) in [5, 5.41) is 6.82. The molecule has 1 aromatic heterocycles. The number of benzene rings is 2. The van der Waals surface area contributed by atoms with Crippen LogP contribution in [-0.2, 0) is 14.8 Å². The molecule has 28 heavy (non-hydrogen) atoms. The van der Waals surface area contributed by atoms with E-state index in [-0.39, 0.29) is 16.3 Å². The van der Waals surface area contributed by atoms with E-state index in [1.165, 1.54) is 54.2 Å². The summed E-state index contributed by atoms with van der Waals surface area (Å²) in [5.74, 6) is -1.22. The van der Waals surface area contributed by atoms with Gasteiger partial charge in [-0.05, 0) is 55.5 Å². The maximum Gasteiger partial charge on any atom is 0.242 e. The lowest BCUT2D eigenvalue weighted by Gasteiger charge is -2.15. The number of carbonyl (C=O) groups excluding carboxylic acids is 1. The lowest BCUT2D eigenvalue weighted by Crippen LogP contribution is -2.41. The van der Waals surface area contributed by atoms with E-state index in [0.29, 0.717) is 5.02 Å². The summed E-state index contributed by atoms with van der Waals surface area (Å²) >= 11 is 5.75. The Labute approximate surface area is 166 Å². The third-order valence-corrected chi connectivity index (χ3v) is 5.62. The van der Waals surface area contributed by atoms with Gasteiger partial charge >= 0.3 is 0 Å². The van der Waals surface area contributed by atoms with Gasteiger partial charge in [0.2, 0.25) is 15.9 Å². The monoisotopic (exact) mass is 422 g/mol. The van der Waals surface area contributed by atoms with Crippen LogP contribution in [0.4, 0.5) is 10.1 Å². The Balaban J connectivity index is 1.69. The smallest absolute Gasteiger partial charge is 0.242 e. The normalized spacial score (nSPS) is 12.5. The van der Waals surface area contributed by atoms with Gasteiger partial charge in [0, 0.05) is 23.1 Å². The third kappa shape index (κ3) is 4.56. The maximum absolute atomic E-state index is 14.3. The first-order chi connectivity index (χ1) is 13.3. The second kappa shape index (κ2) is 8.09. The largest absolute Gasteiger partial charge is 0.325 e. The average molecular weight is 423 g/mol. The van der Waals surface area contributed by atoms with Gasteiger partial charge in [0.1, 0.15) is 5.69 Å². The number of carbonyl (C=O) groups is 1. The molecule has 1 amide bonds.